The van der Waals surface area contributed by atoms with Crippen LogP contribution in [0.2, 0.25) is 0 Å². The number of rotatable bonds is 3. The minimum atomic E-state index is -0.205. The molecule has 3 heterocycles. The third-order valence-corrected chi connectivity index (χ3v) is 5.11. The van der Waals surface area contributed by atoms with Crippen molar-refractivity contribution in [3.63, 3.8) is 0 Å². The molecule has 1 atom stereocenters. The Morgan fingerprint density at radius 1 is 1.32 bits per heavy atom. The lowest BCUT2D eigenvalue weighted by atomic mass is 9.88. The molecule has 0 aliphatic carbocycles. The van der Waals surface area contributed by atoms with Crippen molar-refractivity contribution in [2.75, 3.05) is 39.3 Å². The van der Waals surface area contributed by atoms with Crippen molar-refractivity contribution < 1.29 is 9.32 Å². The minimum Gasteiger partial charge on any atom is -0.361 e. The fraction of sp³-hybridized carbons (Fsp3) is 0.750. The normalized spacial score (nSPS) is 26.6. The maximum absolute atomic E-state index is 12.7. The minimum absolute atomic E-state index is 0.205. The van der Waals surface area contributed by atoms with E-state index in [1.807, 2.05) is 18.7 Å². The van der Waals surface area contributed by atoms with Crippen molar-refractivity contribution in [1.29, 1.82) is 0 Å². The Morgan fingerprint density at radius 3 is 2.59 bits per heavy atom. The molecule has 0 aromatic carbocycles. The number of carbonyl (C=O) groups excluding carboxylic acids is 1. The molecule has 0 spiro atoms. The lowest BCUT2D eigenvalue weighted by molar-refractivity contribution is -0.142. The summed E-state index contributed by atoms with van der Waals surface area (Å²) in [4.78, 5) is 17.1. The molecule has 6 nitrogen and oxygen atoms in total. The second kappa shape index (κ2) is 6.01. The van der Waals surface area contributed by atoms with E-state index in [9.17, 15) is 4.79 Å². The smallest absolute Gasteiger partial charge is 0.229 e. The van der Waals surface area contributed by atoms with Crippen LogP contribution in [0.15, 0.2) is 4.52 Å². The Hall–Kier alpha value is -1.40. The molecule has 0 saturated carbocycles. The highest BCUT2D eigenvalue weighted by atomic mass is 16.5. The zero-order valence-electron chi connectivity index (χ0n) is 13.8. The van der Waals surface area contributed by atoms with Crippen molar-refractivity contribution in [3.8, 4) is 0 Å². The van der Waals surface area contributed by atoms with Gasteiger partial charge in [-0.25, -0.2) is 0 Å². The van der Waals surface area contributed by atoms with Crippen LogP contribution in [-0.4, -0.2) is 60.1 Å². The lowest BCUT2D eigenvalue weighted by Gasteiger charge is -2.38. The van der Waals surface area contributed by atoms with Gasteiger partial charge in [0.05, 0.1) is 11.1 Å². The highest BCUT2D eigenvalue weighted by Crippen LogP contribution is 2.28. The molecule has 6 heteroatoms. The molecule has 2 aliphatic heterocycles. The number of aromatic nitrogens is 1. The fourth-order valence-electron chi connectivity index (χ4n) is 3.44. The molecule has 0 unspecified atom stereocenters. The summed E-state index contributed by atoms with van der Waals surface area (Å²) in [5, 5.41) is 7.32. The monoisotopic (exact) mass is 306 g/mol. The zero-order valence-corrected chi connectivity index (χ0v) is 13.8. The van der Waals surface area contributed by atoms with Gasteiger partial charge in [0.1, 0.15) is 5.76 Å². The topological polar surface area (TPSA) is 61.6 Å². The Kier molecular flexibility index (Phi) is 4.23. The molecule has 0 radical (unpaired) electrons. The number of amides is 1. The summed E-state index contributed by atoms with van der Waals surface area (Å²) in [6, 6.07) is 0. The van der Waals surface area contributed by atoms with Gasteiger partial charge in [-0.1, -0.05) is 5.16 Å². The van der Waals surface area contributed by atoms with Crippen molar-refractivity contribution >= 4 is 5.91 Å². The maximum atomic E-state index is 12.7. The van der Waals surface area contributed by atoms with Gasteiger partial charge >= 0.3 is 0 Å². The van der Waals surface area contributed by atoms with E-state index in [2.05, 4.69) is 22.3 Å². The van der Waals surface area contributed by atoms with Crippen LogP contribution in [-0.2, 0) is 11.3 Å². The van der Waals surface area contributed by atoms with E-state index in [-0.39, 0.29) is 5.41 Å². The molecule has 1 aromatic rings. The number of aryl methyl sites for hydroxylation is 2. The van der Waals surface area contributed by atoms with E-state index in [0.29, 0.717) is 5.91 Å². The third-order valence-electron chi connectivity index (χ3n) is 5.11. The Balaban J connectivity index is 1.55. The standard InChI is InChI=1S/C16H26N4O2/c1-12-14(13(2)22-18-12)10-19-6-8-20(9-7-19)15(21)16(3)4-5-17-11-16/h17H,4-11H2,1-3H3/t16-/m1/s1. The van der Waals surface area contributed by atoms with Crippen molar-refractivity contribution in [2.45, 2.75) is 33.7 Å². The quantitative estimate of drug-likeness (QED) is 0.900. The van der Waals surface area contributed by atoms with E-state index in [1.54, 1.807) is 0 Å². The third kappa shape index (κ3) is 2.90. The van der Waals surface area contributed by atoms with Gasteiger partial charge in [0.15, 0.2) is 0 Å². The highest BCUT2D eigenvalue weighted by molar-refractivity contribution is 5.83. The summed E-state index contributed by atoms with van der Waals surface area (Å²) >= 11 is 0. The van der Waals surface area contributed by atoms with Crippen LogP contribution >= 0.6 is 0 Å². The lowest BCUT2D eigenvalue weighted by Crippen LogP contribution is -2.52. The molecule has 1 N–H and O–H groups in total. The summed E-state index contributed by atoms with van der Waals surface area (Å²) in [5.74, 6) is 1.22. The first-order valence-electron chi connectivity index (χ1n) is 8.14. The summed E-state index contributed by atoms with van der Waals surface area (Å²) < 4.78 is 5.23. The summed E-state index contributed by atoms with van der Waals surface area (Å²) in [6.07, 6.45) is 0.950. The number of nitrogens with one attached hydrogen (secondary N) is 1. The molecule has 2 saturated heterocycles. The van der Waals surface area contributed by atoms with Crippen molar-refractivity contribution in [3.05, 3.63) is 17.0 Å². The van der Waals surface area contributed by atoms with Gasteiger partial charge in [-0.3, -0.25) is 9.69 Å². The summed E-state index contributed by atoms with van der Waals surface area (Å²) in [5.41, 5.74) is 1.95. The van der Waals surface area contributed by atoms with Gasteiger partial charge in [0, 0.05) is 44.8 Å². The first-order valence-corrected chi connectivity index (χ1v) is 8.14. The number of piperazine rings is 1. The van der Waals surface area contributed by atoms with Crippen LogP contribution in [0.5, 0.6) is 0 Å². The largest absolute Gasteiger partial charge is 0.361 e. The number of carbonyl (C=O) groups is 1. The second-order valence-electron chi connectivity index (χ2n) is 6.86. The molecule has 0 bridgehead atoms. The van der Waals surface area contributed by atoms with Gasteiger partial charge < -0.3 is 14.7 Å². The predicted octanol–water partition coefficient (Wildman–Crippen LogP) is 0.935. The predicted molar refractivity (Wildman–Crippen MR) is 83.4 cm³/mol. The van der Waals surface area contributed by atoms with Crippen LogP contribution in [0.1, 0.15) is 30.4 Å². The van der Waals surface area contributed by atoms with E-state index < -0.39 is 0 Å². The first kappa shape index (κ1) is 15.5. The van der Waals surface area contributed by atoms with Crippen LogP contribution in [0, 0.1) is 19.3 Å². The maximum Gasteiger partial charge on any atom is 0.229 e. The molecule has 22 heavy (non-hydrogen) atoms. The van der Waals surface area contributed by atoms with E-state index in [4.69, 9.17) is 4.52 Å². The van der Waals surface area contributed by atoms with Crippen LogP contribution in [0.3, 0.4) is 0 Å². The van der Waals surface area contributed by atoms with Gasteiger partial charge in [-0.15, -0.1) is 0 Å². The van der Waals surface area contributed by atoms with Gasteiger partial charge in [0.25, 0.3) is 0 Å². The van der Waals surface area contributed by atoms with Gasteiger partial charge in [0.2, 0.25) is 5.91 Å². The zero-order chi connectivity index (χ0) is 15.7. The second-order valence-corrected chi connectivity index (χ2v) is 6.86. The number of nitrogens with zero attached hydrogens (tertiary/aromatic N) is 3. The molecule has 122 valence electrons. The molecule has 3 rings (SSSR count). The molecular formula is C16H26N4O2. The van der Waals surface area contributed by atoms with E-state index in [1.165, 1.54) is 5.56 Å². The van der Waals surface area contributed by atoms with Gasteiger partial charge in [-0.05, 0) is 33.7 Å². The molecule has 2 fully saturated rings. The van der Waals surface area contributed by atoms with Crippen LogP contribution < -0.4 is 5.32 Å². The average molecular weight is 306 g/mol. The molecule has 1 amide bonds. The molecular weight excluding hydrogens is 280 g/mol. The van der Waals surface area contributed by atoms with Crippen LogP contribution in [0.25, 0.3) is 0 Å². The van der Waals surface area contributed by atoms with Crippen LogP contribution in [0.4, 0.5) is 0 Å². The Bertz CT molecular complexity index is 521. The number of hydrogen-bond donors (Lipinski definition) is 1. The molecule has 2 aliphatic rings. The van der Waals surface area contributed by atoms with Crippen molar-refractivity contribution in [1.82, 2.24) is 20.3 Å². The Morgan fingerprint density at radius 2 is 2.05 bits per heavy atom. The molecule has 1 aromatic heterocycles. The number of hydrogen-bond acceptors (Lipinski definition) is 5. The summed E-state index contributed by atoms with van der Waals surface area (Å²) in [7, 11) is 0. The van der Waals surface area contributed by atoms with Crippen molar-refractivity contribution in [2.24, 2.45) is 5.41 Å². The summed E-state index contributed by atoms with van der Waals surface area (Å²) in [6.45, 7) is 12.1. The first-order chi connectivity index (χ1) is 10.5. The Labute approximate surface area is 131 Å². The fourth-order valence-corrected chi connectivity index (χ4v) is 3.44. The highest BCUT2D eigenvalue weighted by Gasteiger charge is 2.39. The SMILES string of the molecule is Cc1noc(C)c1CN1CCN(C(=O)[C@]2(C)CCNC2)CC1. The van der Waals surface area contributed by atoms with E-state index in [0.717, 1.165) is 63.7 Å². The van der Waals surface area contributed by atoms with Gasteiger partial charge in [-0.2, -0.15) is 0 Å². The van der Waals surface area contributed by atoms with E-state index >= 15 is 0 Å². The average Bonchev–Trinajstić information content (AvgIpc) is 3.09.